The van der Waals surface area contributed by atoms with Crippen molar-refractivity contribution in [3.8, 4) is 0 Å². The fourth-order valence-corrected chi connectivity index (χ4v) is 4.30. The van der Waals surface area contributed by atoms with Gasteiger partial charge in [0.2, 0.25) is 0 Å². The van der Waals surface area contributed by atoms with Crippen molar-refractivity contribution in [3.05, 3.63) is 35.9 Å². The van der Waals surface area contributed by atoms with E-state index >= 15 is 0 Å². The molecule has 2 aliphatic rings. The molecule has 2 fully saturated rings. The van der Waals surface area contributed by atoms with Crippen molar-refractivity contribution in [1.82, 2.24) is 0 Å². The van der Waals surface area contributed by atoms with Crippen LogP contribution in [0, 0.1) is 17.8 Å². The van der Waals surface area contributed by atoms with Gasteiger partial charge in [-0.15, -0.1) is 0 Å². The van der Waals surface area contributed by atoms with Gasteiger partial charge in [0.1, 0.15) is 0 Å². The molecule has 1 aromatic carbocycles. The number of benzene rings is 1. The molecule has 108 valence electrons. The van der Waals surface area contributed by atoms with Crippen LogP contribution in [0.2, 0.25) is 0 Å². The van der Waals surface area contributed by atoms with Crippen molar-refractivity contribution in [2.45, 2.75) is 57.8 Å². The molecule has 0 saturated heterocycles. The van der Waals surface area contributed by atoms with Gasteiger partial charge in [0.15, 0.2) is 5.78 Å². The van der Waals surface area contributed by atoms with Crippen LogP contribution in [0.15, 0.2) is 30.3 Å². The quantitative estimate of drug-likeness (QED) is 0.685. The molecule has 0 N–H and O–H groups in total. The minimum absolute atomic E-state index is 0.289. The van der Waals surface area contributed by atoms with Gasteiger partial charge in [0.05, 0.1) is 0 Å². The number of rotatable bonds is 3. The van der Waals surface area contributed by atoms with Gasteiger partial charge in [-0.25, -0.2) is 0 Å². The Morgan fingerprint density at radius 1 is 0.750 bits per heavy atom. The molecule has 0 heterocycles. The molecule has 3 rings (SSSR count). The molecule has 0 unspecified atom stereocenters. The van der Waals surface area contributed by atoms with Crippen LogP contribution in [-0.4, -0.2) is 5.78 Å². The van der Waals surface area contributed by atoms with Gasteiger partial charge in [-0.2, -0.15) is 0 Å². The minimum Gasteiger partial charge on any atom is -0.294 e. The zero-order valence-electron chi connectivity index (χ0n) is 12.4. The molecule has 0 atom stereocenters. The van der Waals surface area contributed by atoms with Gasteiger partial charge >= 0.3 is 0 Å². The highest BCUT2D eigenvalue weighted by Crippen LogP contribution is 2.40. The summed E-state index contributed by atoms with van der Waals surface area (Å²) >= 11 is 0. The van der Waals surface area contributed by atoms with Crippen molar-refractivity contribution < 1.29 is 4.79 Å². The zero-order chi connectivity index (χ0) is 13.8. The molecule has 0 bridgehead atoms. The van der Waals surface area contributed by atoms with Gasteiger partial charge in [-0.3, -0.25) is 4.79 Å². The van der Waals surface area contributed by atoms with Gasteiger partial charge in [0.25, 0.3) is 0 Å². The number of ketones is 1. The van der Waals surface area contributed by atoms with Crippen LogP contribution in [0.4, 0.5) is 0 Å². The summed E-state index contributed by atoms with van der Waals surface area (Å²) in [5, 5.41) is 0. The van der Waals surface area contributed by atoms with Crippen LogP contribution >= 0.6 is 0 Å². The van der Waals surface area contributed by atoms with Crippen molar-refractivity contribution >= 4 is 5.78 Å². The van der Waals surface area contributed by atoms with E-state index in [9.17, 15) is 4.79 Å². The molecule has 1 heteroatoms. The summed E-state index contributed by atoms with van der Waals surface area (Å²) in [6.07, 6.45) is 12.0. The summed E-state index contributed by atoms with van der Waals surface area (Å²) < 4.78 is 0. The van der Waals surface area contributed by atoms with E-state index in [1.165, 1.54) is 44.9 Å². The standard InChI is InChI=1S/C19H26O/c20-19(17-9-5-2-6-10-17)18-13-11-16(12-14-18)15-7-3-1-4-8-15/h2,5-6,9-10,15-16,18H,1,3-4,7-8,11-14H2. The van der Waals surface area contributed by atoms with Crippen molar-refractivity contribution in [1.29, 1.82) is 0 Å². The highest BCUT2D eigenvalue weighted by atomic mass is 16.1. The lowest BCUT2D eigenvalue weighted by atomic mass is 9.70. The third-order valence-corrected chi connectivity index (χ3v) is 5.52. The van der Waals surface area contributed by atoms with Crippen LogP contribution in [0.3, 0.4) is 0 Å². The van der Waals surface area contributed by atoms with Crippen LogP contribution < -0.4 is 0 Å². The Balaban J connectivity index is 1.54. The molecule has 0 aliphatic heterocycles. The molecule has 0 amide bonds. The Bertz CT molecular complexity index is 422. The average Bonchev–Trinajstić information content (AvgIpc) is 2.56. The second-order valence-electron chi connectivity index (χ2n) is 6.74. The predicted molar refractivity (Wildman–Crippen MR) is 82.8 cm³/mol. The lowest BCUT2D eigenvalue weighted by molar-refractivity contribution is 0.0839. The summed E-state index contributed by atoms with van der Waals surface area (Å²) in [6.45, 7) is 0. The van der Waals surface area contributed by atoms with E-state index in [0.29, 0.717) is 5.78 Å². The maximum Gasteiger partial charge on any atom is 0.165 e. The second kappa shape index (κ2) is 6.56. The predicted octanol–water partition coefficient (Wildman–Crippen LogP) is 5.26. The normalized spacial score (nSPS) is 28.2. The maximum atomic E-state index is 12.5. The monoisotopic (exact) mass is 270 g/mol. The smallest absolute Gasteiger partial charge is 0.165 e. The first-order valence-corrected chi connectivity index (χ1v) is 8.44. The van der Waals surface area contributed by atoms with Crippen LogP contribution in [-0.2, 0) is 0 Å². The molecule has 0 aromatic heterocycles. The first-order chi connectivity index (χ1) is 9.84. The van der Waals surface area contributed by atoms with Crippen molar-refractivity contribution in [3.63, 3.8) is 0 Å². The lowest BCUT2D eigenvalue weighted by Crippen LogP contribution is -2.27. The molecular formula is C19H26O. The largest absolute Gasteiger partial charge is 0.294 e. The van der Waals surface area contributed by atoms with Gasteiger partial charge in [-0.1, -0.05) is 62.4 Å². The van der Waals surface area contributed by atoms with E-state index < -0.39 is 0 Å². The maximum absolute atomic E-state index is 12.5. The Labute approximate surface area is 122 Å². The number of hydrogen-bond acceptors (Lipinski definition) is 1. The van der Waals surface area contributed by atoms with Crippen LogP contribution in [0.25, 0.3) is 0 Å². The number of hydrogen-bond donors (Lipinski definition) is 0. The second-order valence-corrected chi connectivity index (χ2v) is 6.74. The third-order valence-electron chi connectivity index (χ3n) is 5.52. The molecular weight excluding hydrogens is 244 g/mol. The van der Waals surface area contributed by atoms with E-state index in [2.05, 4.69) is 0 Å². The summed E-state index contributed by atoms with van der Waals surface area (Å²) in [5.74, 6) is 2.55. The van der Waals surface area contributed by atoms with E-state index in [1.807, 2.05) is 30.3 Å². The molecule has 2 aliphatic carbocycles. The number of carbonyl (C=O) groups excluding carboxylic acids is 1. The molecule has 0 spiro atoms. The molecule has 1 nitrogen and oxygen atoms in total. The van der Waals surface area contributed by atoms with E-state index in [0.717, 1.165) is 30.2 Å². The van der Waals surface area contributed by atoms with Gasteiger partial charge < -0.3 is 0 Å². The first kappa shape index (κ1) is 13.9. The van der Waals surface area contributed by atoms with Crippen LogP contribution in [0.5, 0.6) is 0 Å². The zero-order valence-corrected chi connectivity index (χ0v) is 12.4. The number of carbonyl (C=O) groups is 1. The fraction of sp³-hybridized carbons (Fsp3) is 0.632. The van der Waals surface area contributed by atoms with Gasteiger partial charge in [0, 0.05) is 11.5 Å². The summed E-state index contributed by atoms with van der Waals surface area (Å²) in [5.41, 5.74) is 0.911. The van der Waals surface area contributed by atoms with E-state index in [4.69, 9.17) is 0 Å². The fourth-order valence-electron chi connectivity index (χ4n) is 4.30. The highest BCUT2D eigenvalue weighted by Gasteiger charge is 2.31. The Hall–Kier alpha value is -1.11. The molecule has 1 aromatic rings. The highest BCUT2D eigenvalue weighted by molar-refractivity contribution is 5.97. The van der Waals surface area contributed by atoms with Crippen molar-refractivity contribution in [2.24, 2.45) is 17.8 Å². The topological polar surface area (TPSA) is 17.1 Å². The summed E-state index contributed by atoms with van der Waals surface area (Å²) in [6, 6.07) is 9.86. The first-order valence-electron chi connectivity index (χ1n) is 8.44. The third kappa shape index (κ3) is 3.13. The Morgan fingerprint density at radius 2 is 1.35 bits per heavy atom. The van der Waals surface area contributed by atoms with Crippen LogP contribution in [0.1, 0.15) is 68.1 Å². The van der Waals surface area contributed by atoms with Gasteiger partial charge in [-0.05, 0) is 37.5 Å². The molecule has 2 saturated carbocycles. The molecule has 0 radical (unpaired) electrons. The summed E-state index contributed by atoms with van der Waals surface area (Å²) in [7, 11) is 0. The number of Topliss-reactive ketones (excluding diaryl/α,β-unsaturated/α-hetero) is 1. The molecule has 20 heavy (non-hydrogen) atoms. The Morgan fingerprint density at radius 3 is 2.00 bits per heavy atom. The Kier molecular flexibility index (Phi) is 4.54. The summed E-state index contributed by atoms with van der Waals surface area (Å²) in [4.78, 5) is 12.5. The van der Waals surface area contributed by atoms with E-state index in [-0.39, 0.29) is 5.92 Å². The van der Waals surface area contributed by atoms with Crippen molar-refractivity contribution in [2.75, 3.05) is 0 Å². The lowest BCUT2D eigenvalue weighted by Gasteiger charge is -2.35. The van der Waals surface area contributed by atoms with E-state index in [1.54, 1.807) is 0 Å². The average molecular weight is 270 g/mol. The SMILES string of the molecule is O=C(c1ccccc1)C1CCC(C2CCCCC2)CC1. The minimum atomic E-state index is 0.289.